The molecule has 14 heavy (non-hydrogen) atoms. The Morgan fingerprint density at radius 1 is 0.643 bits per heavy atom. The van der Waals surface area contributed by atoms with Gasteiger partial charge in [-0.15, -0.1) is 0 Å². The van der Waals surface area contributed by atoms with Gasteiger partial charge in [-0.05, 0) is 40.3 Å². The molecule has 0 radical (unpaired) electrons. The van der Waals surface area contributed by atoms with Crippen LogP contribution in [0, 0.1) is 0 Å². The van der Waals surface area contributed by atoms with Gasteiger partial charge in [0, 0.05) is 0 Å². The van der Waals surface area contributed by atoms with Gasteiger partial charge in [-0.3, -0.25) is 0 Å². The van der Waals surface area contributed by atoms with Crippen molar-refractivity contribution >= 4 is 16.5 Å². The summed E-state index contributed by atoms with van der Waals surface area (Å²) in [6, 6.07) is 2.86. The van der Waals surface area contributed by atoms with Crippen molar-refractivity contribution in [2.24, 2.45) is 0 Å². The van der Waals surface area contributed by atoms with Crippen LogP contribution in [0.3, 0.4) is 0 Å². The molecule has 0 aromatic carbocycles. The maximum absolute atomic E-state index is 2.47. The van der Waals surface area contributed by atoms with Crippen molar-refractivity contribution < 1.29 is 0 Å². The van der Waals surface area contributed by atoms with Gasteiger partial charge >= 0.3 is 0 Å². The van der Waals surface area contributed by atoms with Gasteiger partial charge in [0.25, 0.3) is 0 Å². The molecule has 0 unspecified atom stereocenters. The van der Waals surface area contributed by atoms with Gasteiger partial charge in [-0.2, -0.15) is 0 Å². The van der Waals surface area contributed by atoms with Crippen LogP contribution in [0.25, 0.3) is 0 Å². The lowest BCUT2D eigenvalue weighted by Gasteiger charge is -2.36. The van der Waals surface area contributed by atoms with Crippen molar-refractivity contribution in [2.45, 2.75) is 38.3 Å². The van der Waals surface area contributed by atoms with E-state index in [1.807, 2.05) is 0 Å². The average molecular weight is 233 g/mol. The van der Waals surface area contributed by atoms with E-state index in [2.05, 4.69) is 63.5 Å². The monoisotopic (exact) mass is 232 g/mol. The third-order valence-corrected chi connectivity index (χ3v) is 12.1. The van der Waals surface area contributed by atoms with Crippen molar-refractivity contribution in [1.82, 2.24) is 9.13 Å². The summed E-state index contributed by atoms with van der Waals surface area (Å²) in [6.07, 6.45) is 0. The molecule has 0 amide bonds. The molecule has 0 fully saturated rings. The number of hydrogen-bond acceptors (Lipinski definition) is 2. The van der Waals surface area contributed by atoms with Crippen LogP contribution >= 0.6 is 0 Å². The van der Waals surface area contributed by atoms with E-state index in [1.54, 1.807) is 0 Å². The quantitative estimate of drug-likeness (QED) is 0.672. The standard InChI is InChI=1S/C10H28N2Si2/c1-11(2)13(5,6)9-10-14(7,8)12(3)4/h9-10H2,1-8H3. The normalized spacial score (nSPS) is 14.1. The van der Waals surface area contributed by atoms with Gasteiger partial charge in [-0.25, -0.2) is 0 Å². The van der Waals surface area contributed by atoms with Crippen molar-refractivity contribution in [3.8, 4) is 0 Å². The maximum atomic E-state index is 2.47. The van der Waals surface area contributed by atoms with Gasteiger partial charge in [0.15, 0.2) is 0 Å². The van der Waals surface area contributed by atoms with Crippen LogP contribution in [0.15, 0.2) is 0 Å². The SMILES string of the molecule is CN(C)[Si](C)(C)CC[Si](C)(C)N(C)C. The first-order valence-electron chi connectivity index (χ1n) is 5.44. The van der Waals surface area contributed by atoms with Crippen LogP contribution in [0.4, 0.5) is 0 Å². The summed E-state index contributed by atoms with van der Waals surface area (Å²) < 4.78 is 4.93. The van der Waals surface area contributed by atoms with E-state index >= 15 is 0 Å². The van der Waals surface area contributed by atoms with E-state index in [1.165, 1.54) is 12.1 Å². The minimum atomic E-state index is -1.09. The Balaban J connectivity index is 4.18. The molecule has 0 heterocycles. The lowest BCUT2D eigenvalue weighted by atomic mass is 10.9. The molecule has 0 aliphatic carbocycles. The van der Waals surface area contributed by atoms with Gasteiger partial charge < -0.3 is 9.13 Å². The van der Waals surface area contributed by atoms with Crippen LogP contribution in [0.2, 0.25) is 38.3 Å². The molecule has 0 aromatic rings. The van der Waals surface area contributed by atoms with Gasteiger partial charge in [-0.1, -0.05) is 26.2 Å². The third kappa shape index (κ3) is 4.25. The van der Waals surface area contributed by atoms with E-state index in [0.717, 1.165) is 0 Å². The summed E-state index contributed by atoms with van der Waals surface area (Å²) in [5.41, 5.74) is 0. The average Bonchev–Trinajstić information content (AvgIpc) is 2.01. The van der Waals surface area contributed by atoms with Crippen molar-refractivity contribution in [2.75, 3.05) is 28.2 Å². The number of nitrogens with zero attached hydrogens (tertiary/aromatic N) is 2. The van der Waals surface area contributed by atoms with Gasteiger partial charge in [0.05, 0.1) is 0 Å². The molecule has 0 aliphatic rings. The van der Waals surface area contributed by atoms with Crippen LogP contribution < -0.4 is 0 Å². The van der Waals surface area contributed by atoms with E-state index in [-0.39, 0.29) is 0 Å². The fourth-order valence-corrected chi connectivity index (χ4v) is 6.85. The highest BCUT2D eigenvalue weighted by Crippen LogP contribution is 2.22. The molecule has 0 rings (SSSR count). The Labute approximate surface area is 92.5 Å². The topological polar surface area (TPSA) is 6.48 Å². The predicted molar refractivity (Wildman–Crippen MR) is 72.0 cm³/mol. The lowest BCUT2D eigenvalue weighted by Crippen LogP contribution is -2.48. The molecule has 0 atom stereocenters. The molecule has 0 bridgehead atoms. The fraction of sp³-hybridized carbons (Fsp3) is 1.00. The molecule has 0 saturated carbocycles. The Morgan fingerprint density at radius 2 is 0.857 bits per heavy atom. The Morgan fingerprint density at radius 3 is 1.00 bits per heavy atom. The Hall–Kier alpha value is 0.354. The van der Waals surface area contributed by atoms with Crippen molar-refractivity contribution in [1.29, 1.82) is 0 Å². The van der Waals surface area contributed by atoms with Crippen molar-refractivity contribution in [3.05, 3.63) is 0 Å². The molecule has 0 saturated heterocycles. The first-order valence-corrected chi connectivity index (χ1v) is 11.8. The fourth-order valence-electron chi connectivity index (χ4n) is 1.06. The highest BCUT2D eigenvalue weighted by atomic mass is 28.3. The van der Waals surface area contributed by atoms with Crippen LogP contribution in [0.1, 0.15) is 0 Å². The summed E-state index contributed by atoms with van der Waals surface area (Å²) in [6.45, 7) is 9.86. The zero-order chi connectivity index (χ0) is 11.6. The second kappa shape index (κ2) is 4.92. The first-order chi connectivity index (χ1) is 6.09. The third-order valence-electron chi connectivity index (χ3n) is 3.77. The second-order valence-corrected chi connectivity index (χ2v) is 16.0. The highest BCUT2D eigenvalue weighted by Gasteiger charge is 2.30. The molecule has 0 N–H and O–H groups in total. The summed E-state index contributed by atoms with van der Waals surface area (Å²) in [5.74, 6) is 0. The number of hydrogen-bond donors (Lipinski definition) is 0. The maximum Gasteiger partial charge on any atom is 0.121 e. The van der Waals surface area contributed by atoms with E-state index in [0.29, 0.717) is 0 Å². The lowest BCUT2D eigenvalue weighted by molar-refractivity contribution is 0.604. The molecule has 0 spiro atoms. The molecule has 0 aliphatic heterocycles. The first kappa shape index (κ1) is 14.4. The molecule has 0 aromatic heterocycles. The minimum absolute atomic E-state index is 1.09. The zero-order valence-corrected chi connectivity index (χ0v) is 13.3. The predicted octanol–water partition coefficient (Wildman–Crippen LogP) is 2.52. The van der Waals surface area contributed by atoms with Gasteiger partial charge in [0.1, 0.15) is 16.5 Å². The second-order valence-electron chi connectivity index (χ2n) is 5.91. The molecular weight excluding hydrogens is 204 g/mol. The largest absolute Gasteiger partial charge is 0.329 e. The van der Waals surface area contributed by atoms with Crippen LogP contribution in [-0.2, 0) is 0 Å². The van der Waals surface area contributed by atoms with Crippen molar-refractivity contribution in [3.63, 3.8) is 0 Å². The Kier molecular flexibility index (Phi) is 5.04. The smallest absolute Gasteiger partial charge is 0.121 e. The highest BCUT2D eigenvalue weighted by molar-refractivity contribution is 6.79. The Bertz CT molecular complexity index is 157. The summed E-state index contributed by atoms with van der Waals surface area (Å²) >= 11 is 0. The molecule has 2 nitrogen and oxygen atoms in total. The summed E-state index contributed by atoms with van der Waals surface area (Å²) in [7, 11) is 6.74. The van der Waals surface area contributed by atoms with E-state index < -0.39 is 16.5 Å². The van der Waals surface area contributed by atoms with E-state index in [4.69, 9.17) is 0 Å². The minimum Gasteiger partial charge on any atom is -0.329 e. The zero-order valence-electron chi connectivity index (χ0n) is 11.3. The van der Waals surface area contributed by atoms with Crippen LogP contribution in [-0.4, -0.2) is 53.8 Å². The van der Waals surface area contributed by atoms with E-state index in [9.17, 15) is 0 Å². The summed E-state index contributed by atoms with van der Waals surface area (Å²) in [5, 5.41) is 0. The van der Waals surface area contributed by atoms with Crippen LogP contribution in [0.5, 0.6) is 0 Å². The molecule has 86 valence electrons. The summed E-state index contributed by atoms with van der Waals surface area (Å²) in [4.78, 5) is 0. The molecule has 4 heteroatoms. The van der Waals surface area contributed by atoms with Gasteiger partial charge in [0.2, 0.25) is 0 Å². The molecular formula is C10H28N2Si2. The number of rotatable bonds is 5.